The predicted molar refractivity (Wildman–Crippen MR) is 172 cm³/mol. The van der Waals surface area contributed by atoms with Crippen molar-refractivity contribution in [3.63, 3.8) is 0 Å². The Hall–Kier alpha value is -4.03. The number of esters is 2. The monoisotopic (exact) mass is 620 g/mol. The maximum absolute atomic E-state index is 12.3. The average molecular weight is 621 g/mol. The summed E-state index contributed by atoms with van der Waals surface area (Å²) in [6.07, 6.45) is 3.53. The number of ether oxygens (including phenoxy) is 2. The zero-order valence-electron chi connectivity index (χ0n) is 24.7. The Morgan fingerprint density at radius 2 is 1.44 bits per heavy atom. The molecular formula is C31H36N6O4S2. The number of hydrogen-bond donors (Lipinski definition) is 0. The number of unbranched alkanes of at least 4 members (excludes halogenated alkanes) is 2. The quantitative estimate of drug-likeness (QED) is 0.0699. The third-order valence-electron chi connectivity index (χ3n) is 6.43. The van der Waals surface area contributed by atoms with Crippen LogP contribution in [-0.2, 0) is 14.3 Å². The molecule has 43 heavy (non-hydrogen) atoms. The van der Waals surface area contributed by atoms with E-state index in [2.05, 4.69) is 56.3 Å². The number of rotatable bonds is 16. The SMILES string of the molecule is CCCCC(=O)OCCCCOC(=O)c1ccc(/N=N/c2cc3sc(/N=N/c4ccc(N(CC)CC)cc4)nc3s2)cc1. The lowest BCUT2D eigenvalue weighted by molar-refractivity contribution is -0.143. The first-order valence-corrected chi connectivity index (χ1v) is 16.1. The van der Waals surface area contributed by atoms with Gasteiger partial charge in [0.15, 0.2) is 0 Å². The summed E-state index contributed by atoms with van der Waals surface area (Å²) in [5.74, 6) is -0.579. The van der Waals surface area contributed by atoms with E-state index in [1.54, 1.807) is 24.3 Å². The van der Waals surface area contributed by atoms with Gasteiger partial charge in [0.1, 0.15) is 9.83 Å². The summed E-state index contributed by atoms with van der Waals surface area (Å²) < 4.78 is 11.4. The molecule has 2 aromatic heterocycles. The molecule has 0 saturated carbocycles. The van der Waals surface area contributed by atoms with Gasteiger partial charge in [0.25, 0.3) is 0 Å². The maximum Gasteiger partial charge on any atom is 0.338 e. The van der Waals surface area contributed by atoms with Crippen LogP contribution >= 0.6 is 22.7 Å². The molecule has 226 valence electrons. The van der Waals surface area contributed by atoms with Crippen molar-refractivity contribution in [3.05, 3.63) is 60.2 Å². The van der Waals surface area contributed by atoms with Gasteiger partial charge >= 0.3 is 11.9 Å². The van der Waals surface area contributed by atoms with Gasteiger partial charge in [-0.15, -0.1) is 20.5 Å². The number of thiophene rings is 1. The lowest BCUT2D eigenvalue weighted by atomic mass is 10.2. The lowest BCUT2D eigenvalue weighted by Crippen LogP contribution is -2.21. The summed E-state index contributed by atoms with van der Waals surface area (Å²) in [6.45, 7) is 8.84. The molecule has 0 amide bonds. The second kappa shape index (κ2) is 16.6. The Labute approximate surface area is 259 Å². The first-order chi connectivity index (χ1) is 21.0. The molecule has 2 aromatic carbocycles. The zero-order chi connectivity index (χ0) is 30.4. The summed E-state index contributed by atoms with van der Waals surface area (Å²) in [4.78, 5) is 31.5. The van der Waals surface area contributed by atoms with Crippen molar-refractivity contribution in [2.24, 2.45) is 20.5 Å². The number of azo groups is 2. The molecule has 0 aliphatic rings. The summed E-state index contributed by atoms with van der Waals surface area (Å²) in [5, 5.41) is 18.6. The van der Waals surface area contributed by atoms with Gasteiger partial charge in [0, 0.05) is 25.2 Å². The number of nitrogens with zero attached hydrogens (tertiary/aromatic N) is 6. The van der Waals surface area contributed by atoms with E-state index in [-0.39, 0.29) is 12.6 Å². The molecule has 0 atom stereocenters. The molecule has 0 saturated heterocycles. The van der Waals surface area contributed by atoms with Gasteiger partial charge in [-0.05, 0) is 87.7 Å². The van der Waals surface area contributed by atoms with Crippen LogP contribution in [0.4, 0.5) is 27.2 Å². The highest BCUT2D eigenvalue weighted by atomic mass is 32.1. The first kappa shape index (κ1) is 31.9. The molecule has 2 heterocycles. The second-order valence-corrected chi connectivity index (χ2v) is 11.6. The van der Waals surface area contributed by atoms with Gasteiger partial charge in [-0.25, -0.2) is 9.78 Å². The Morgan fingerprint density at radius 1 is 0.791 bits per heavy atom. The largest absolute Gasteiger partial charge is 0.466 e. The number of thiazole rings is 1. The van der Waals surface area contributed by atoms with E-state index in [9.17, 15) is 9.59 Å². The molecule has 4 aromatic rings. The topological polar surface area (TPSA) is 118 Å². The molecule has 0 radical (unpaired) electrons. The number of hydrogen-bond acceptors (Lipinski definition) is 12. The van der Waals surface area contributed by atoms with Gasteiger partial charge in [0.2, 0.25) is 5.13 Å². The van der Waals surface area contributed by atoms with Crippen molar-refractivity contribution in [2.75, 3.05) is 31.2 Å². The van der Waals surface area contributed by atoms with Crippen LogP contribution in [0, 0.1) is 0 Å². The Balaban J connectivity index is 1.22. The van der Waals surface area contributed by atoms with E-state index in [1.165, 1.54) is 28.4 Å². The van der Waals surface area contributed by atoms with Crippen molar-refractivity contribution in [2.45, 2.75) is 52.9 Å². The van der Waals surface area contributed by atoms with E-state index in [1.807, 2.05) is 25.1 Å². The van der Waals surface area contributed by atoms with Crippen molar-refractivity contribution in [1.82, 2.24) is 4.98 Å². The molecule has 10 nitrogen and oxygen atoms in total. The fourth-order valence-corrected chi connectivity index (χ4v) is 5.88. The second-order valence-electron chi connectivity index (χ2n) is 9.55. The summed E-state index contributed by atoms with van der Waals surface area (Å²) in [6, 6.07) is 16.7. The number of carbonyl (C=O) groups excluding carboxylic acids is 2. The highest BCUT2D eigenvalue weighted by Crippen LogP contribution is 2.39. The van der Waals surface area contributed by atoms with Crippen LogP contribution in [0.25, 0.3) is 9.53 Å². The molecular weight excluding hydrogens is 585 g/mol. The molecule has 4 rings (SSSR count). The third kappa shape index (κ3) is 9.75. The van der Waals surface area contributed by atoms with Crippen LogP contribution in [0.1, 0.15) is 63.2 Å². The minimum absolute atomic E-state index is 0.174. The van der Waals surface area contributed by atoms with E-state index < -0.39 is 5.97 Å². The van der Waals surface area contributed by atoms with Gasteiger partial charge < -0.3 is 14.4 Å². The smallest absolute Gasteiger partial charge is 0.338 e. The summed E-state index contributed by atoms with van der Waals surface area (Å²) in [5.41, 5.74) is 3.00. The van der Waals surface area contributed by atoms with Crippen molar-refractivity contribution in [1.29, 1.82) is 0 Å². The van der Waals surface area contributed by atoms with E-state index in [0.29, 0.717) is 42.3 Å². The average Bonchev–Trinajstić information content (AvgIpc) is 3.59. The highest BCUT2D eigenvalue weighted by molar-refractivity contribution is 7.30. The normalized spacial score (nSPS) is 11.5. The minimum Gasteiger partial charge on any atom is -0.466 e. The zero-order valence-corrected chi connectivity index (χ0v) is 26.3. The maximum atomic E-state index is 12.3. The van der Waals surface area contributed by atoms with Crippen molar-refractivity contribution < 1.29 is 19.1 Å². The van der Waals surface area contributed by atoms with Crippen LogP contribution < -0.4 is 4.90 Å². The van der Waals surface area contributed by atoms with Gasteiger partial charge in [-0.1, -0.05) is 36.0 Å². The van der Waals surface area contributed by atoms with Crippen LogP contribution in [0.5, 0.6) is 0 Å². The Bertz CT molecular complexity index is 1490. The molecule has 0 N–H and O–H groups in total. The fraction of sp³-hybridized carbons (Fsp3) is 0.387. The van der Waals surface area contributed by atoms with Crippen molar-refractivity contribution >= 4 is 71.3 Å². The van der Waals surface area contributed by atoms with Crippen LogP contribution in [0.3, 0.4) is 0 Å². The fourth-order valence-electron chi connectivity index (χ4n) is 4.03. The number of aromatic nitrogens is 1. The van der Waals surface area contributed by atoms with E-state index >= 15 is 0 Å². The van der Waals surface area contributed by atoms with Gasteiger partial charge in [-0.2, -0.15) is 0 Å². The molecule has 0 bridgehead atoms. The van der Waals surface area contributed by atoms with Gasteiger partial charge in [0.05, 0.1) is 34.9 Å². The first-order valence-electron chi connectivity index (χ1n) is 14.5. The molecule has 0 unspecified atom stereocenters. The highest BCUT2D eigenvalue weighted by Gasteiger charge is 2.10. The number of anilines is 1. The summed E-state index contributed by atoms with van der Waals surface area (Å²) in [7, 11) is 0. The standard InChI is InChI=1S/C31H36N6O4S2/c1-4-7-10-28(38)40-19-8-9-20-41-30(39)22-11-13-23(14-12-22)33-35-27-21-26-29(43-27)32-31(42-26)36-34-24-15-17-25(18-16-24)37(5-2)6-3/h11-18,21H,4-10,19-20H2,1-3H3/b35-33+,36-34+. The Morgan fingerprint density at radius 3 is 2.09 bits per heavy atom. The van der Waals surface area contributed by atoms with Crippen LogP contribution in [0.15, 0.2) is 75.1 Å². The predicted octanol–water partition coefficient (Wildman–Crippen LogP) is 9.71. The van der Waals surface area contributed by atoms with E-state index in [4.69, 9.17) is 9.47 Å². The van der Waals surface area contributed by atoms with Crippen LogP contribution in [-0.4, -0.2) is 43.2 Å². The molecule has 0 aliphatic heterocycles. The number of fused-ring (bicyclic) bond motifs is 1. The van der Waals surface area contributed by atoms with Gasteiger partial charge in [-0.3, -0.25) is 4.79 Å². The Kier molecular flexibility index (Phi) is 12.3. The number of carbonyl (C=O) groups is 2. The minimum atomic E-state index is -0.405. The molecule has 0 spiro atoms. The third-order valence-corrected chi connectivity index (χ3v) is 8.36. The van der Waals surface area contributed by atoms with Crippen molar-refractivity contribution in [3.8, 4) is 0 Å². The van der Waals surface area contributed by atoms with E-state index in [0.717, 1.165) is 46.1 Å². The molecule has 12 heteroatoms. The molecule has 0 fully saturated rings. The lowest BCUT2D eigenvalue weighted by Gasteiger charge is -2.20. The van der Waals surface area contributed by atoms with Crippen LogP contribution in [0.2, 0.25) is 0 Å². The molecule has 0 aliphatic carbocycles. The summed E-state index contributed by atoms with van der Waals surface area (Å²) >= 11 is 2.88. The number of benzene rings is 2.